The third kappa shape index (κ3) is 3.20. The Morgan fingerprint density at radius 3 is 2.67 bits per heavy atom. The minimum atomic E-state index is -0.469. The largest absolute Gasteiger partial charge is 0.339 e. The molecule has 80 valence electrons. The molecule has 0 radical (unpaired) electrons. The zero-order valence-corrected chi connectivity index (χ0v) is 9.06. The van der Waals surface area contributed by atoms with Gasteiger partial charge in [0.1, 0.15) is 0 Å². The van der Waals surface area contributed by atoms with Crippen LogP contribution in [0.25, 0.3) is 0 Å². The number of hydrogen-bond acceptors (Lipinski definition) is 2. The van der Waals surface area contributed by atoms with Crippen LogP contribution in [0.3, 0.4) is 0 Å². The maximum absolute atomic E-state index is 11.0. The highest BCUT2D eigenvalue weighted by Crippen LogP contribution is 2.07. The SMILES string of the molecule is Cc1ccccc1CCN(C)C(=O)C=O. The molecule has 0 spiro atoms. The predicted molar refractivity (Wildman–Crippen MR) is 58.6 cm³/mol. The van der Waals surface area contributed by atoms with E-state index < -0.39 is 5.91 Å². The van der Waals surface area contributed by atoms with Crippen LogP contribution in [0.1, 0.15) is 11.1 Å². The Morgan fingerprint density at radius 2 is 2.07 bits per heavy atom. The van der Waals surface area contributed by atoms with E-state index in [2.05, 4.69) is 0 Å². The Labute approximate surface area is 89.7 Å². The van der Waals surface area contributed by atoms with Crippen LogP contribution in [0.5, 0.6) is 0 Å². The first-order chi connectivity index (χ1) is 7.15. The number of benzene rings is 1. The average molecular weight is 205 g/mol. The van der Waals surface area contributed by atoms with Crippen molar-refractivity contribution in [3.05, 3.63) is 35.4 Å². The molecule has 3 heteroatoms. The van der Waals surface area contributed by atoms with Crippen molar-refractivity contribution in [2.75, 3.05) is 13.6 Å². The molecule has 0 bridgehead atoms. The van der Waals surface area contributed by atoms with Gasteiger partial charge in [0.05, 0.1) is 0 Å². The van der Waals surface area contributed by atoms with Gasteiger partial charge in [0.25, 0.3) is 5.91 Å². The zero-order valence-electron chi connectivity index (χ0n) is 9.06. The number of aryl methyl sites for hydroxylation is 1. The number of carbonyl (C=O) groups is 2. The van der Waals surface area contributed by atoms with E-state index in [4.69, 9.17) is 0 Å². The lowest BCUT2D eigenvalue weighted by Crippen LogP contribution is -2.29. The number of likely N-dealkylation sites (N-methyl/N-ethyl adjacent to an activating group) is 1. The van der Waals surface area contributed by atoms with Crippen molar-refractivity contribution in [1.82, 2.24) is 4.90 Å². The molecule has 0 aliphatic rings. The van der Waals surface area contributed by atoms with E-state index in [-0.39, 0.29) is 0 Å². The summed E-state index contributed by atoms with van der Waals surface area (Å²) in [6.45, 7) is 2.61. The minimum Gasteiger partial charge on any atom is -0.339 e. The molecule has 0 saturated heterocycles. The highest BCUT2D eigenvalue weighted by Gasteiger charge is 2.06. The van der Waals surface area contributed by atoms with Crippen molar-refractivity contribution in [3.63, 3.8) is 0 Å². The van der Waals surface area contributed by atoms with Crippen molar-refractivity contribution < 1.29 is 9.59 Å². The highest BCUT2D eigenvalue weighted by atomic mass is 16.2. The molecule has 1 amide bonds. The van der Waals surface area contributed by atoms with Crippen LogP contribution in [-0.2, 0) is 16.0 Å². The standard InChI is InChI=1S/C12H15NO2/c1-10-5-3-4-6-11(10)7-8-13(2)12(15)9-14/h3-6,9H,7-8H2,1-2H3. The first-order valence-electron chi connectivity index (χ1n) is 4.90. The Morgan fingerprint density at radius 1 is 1.40 bits per heavy atom. The van der Waals surface area contributed by atoms with Crippen molar-refractivity contribution in [3.8, 4) is 0 Å². The fraction of sp³-hybridized carbons (Fsp3) is 0.333. The van der Waals surface area contributed by atoms with E-state index in [0.717, 1.165) is 6.42 Å². The molecule has 0 aliphatic heterocycles. The number of aldehydes is 1. The summed E-state index contributed by atoms with van der Waals surface area (Å²) in [5.41, 5.74) is 2.42. The fourth-order valence-corrected chi connectivity index (χ4v) is 1.38. The lowest BCUT2D eigenvalue weighted by Gasteiger charge is -2.14. The van der Waals surface area contributed by atoms with E-state index in [1.807, 2.05) is 31.2 Å². The molecule has 0 aliphatic carbocycles. The molecule has 0 unspecified atom stereocenters. The van der Waals surface area contributed by atoms with Crippen LogP contribution in [0, 0.1) is 6.92 Å². The van der Waals surface area contributed by atoms with Gasteiger partial charge in [-0.2, -0.15) is 0 Å². The second-order valence-electron chi connectivity index (χ2n) is 3.55. The average Bonchev–Trinajstić information content (AvgIpc) is 2.26. The Hall–Kier alpha value is -1.64. The summed E-state index contributed by atoms with van der Waals surface area (Å²) in [5, 5.41) is 0. The number of carbonyl (C=O) groups excluding carboxylic acids is 2. The second kappa shape index (κ2) is 5.29. The molecule has 3 nitrogen and oxygen atoms in total. The quantitative estimate of drug-likeness (QED) is 0.547. The van der Waals surface area contributed by atoms with Gasteiger partial charge < -0.3 is 4.90 Å². The third-order valence-corrected chi connectivity index (χ3v) is 2.45. The molecule has 1 rings (SSSR count). The van der Waals surface area contributed by atoms with Crippen molar-refractivity contribution in [1.29, 1.82) is 0 Å². The molecule has 0 aromatic heterocycles. The summed E-state index contributed by atoms with van der Waals surface area (Å²) in [6, 6.07) is 8.04. The van der Waals surface area contributed by atoms with Crippen LogP contribution in [-0.4, -0.2) is 30.7 Å². The second-order valence-corrected chi connectivity index (χ2v) is 3.55. The normalized spacial score (nSPS) is 9.73. The number of rotatable bonds is 4. The van der Waals surface area contributed by atoms with Gasteiger partial charge in [0.2, 0.25) is 6.29 Å². The van der Waals surface area contributed by atoms with Gasteiger partial charge >= 0.3 is 0 Å². The van der Waals surface area contributed by atoms with Crippen LogP contribution >= 0.6 is 0 Å². The van der Waals surface area contributed by atoms with Crippen molar-refractivity contribution in [2.45, 2.75) is 13.3 Å². The predicted octanol–water partition coefficient (Wildman–Crippen LogP) is 1.19. The summed E-state index contributed by atoms with van der Waals surface area (Å²) < 4.78 is 0. The van der Waals surface area contributed by atoms with Gasteiger partial charge in [-0.1, -0.05) is 24.3 Å². The van der Waals surface area contributed by atoms with E-state index in [1.165, 1.54) is 16.0 Å². The molecule has 0 N–H and O–H groups in total. The summed E-state index contributed by atoms with van der Waals surface area (Å²) in [4.78, 5) is 22.6. The third-order valence-electron chi connectivity index (χ3n) is 2.45. The van der Waals surface area contributed by atoms with Gasteiger partial charge in [0.15, 0.2) is 0 Å². The maximum Gasteiger partial charge on any atom is 0.286 e. The zero-order chi connectivity index (χ0) is 11.3. The van der Waals surface area contributed by atoms with E-state index in [0.29, 0.717) is 12.8 Å². The van der Waals surface area contributed by atoms with Crippen LogP contribution in [0.15, 0.2) is 24.3 Å². The molecular weight excluding hydrogens is 190 g/mol. The maximum atomic E-state index is 11.0. The number of hydrogen-bond donors (Lipinski definition) is 0. The monoisotopic (exact) mass is 205 g/mol. The molecule has 0 atom stereocenters. The van der Waals surface area contributed by atoms with Gasteiger partial charge in [-0.25, -0.2) is 0 Å². The van der Waals surface area contributed by atoms with E-state index >= 15 is 0 Å². The van der Waals surface area contributed by atoms with E-state index in [1.54, 1.807) is 7.05 Å². The molecule has 0 fully saturated rings. The summed E-state index contributed by atoms with van der Waals surface area (Å²) >= 11 is 0. The number of nitrogens with zero attached hydrogens (tertiary/aromatic N) is 1. The molecule has 0 heterocycles. The topological polar surface area (TPSA) is 37.4 Å². The van der Waals surface area contributed by atoms with Crippen LogP contribution in [0.2, 0.25) is 0 Å². The fourth-order valence-electron chi connectivity index (χ4n) is 1.38. The van der Waals surface area contributed by atoms with Gasteiger partial charge in [0, 0.05) is 13.6 Å². The molecule has 1 aromatic carbocycles. The lowest BCUT2D eigenvalue weighted by atomic mass is 10.1. The van der Waals surface area contributed by atoms with Crippen molar-refractivity contribution >= 4 is 12.2 Å². The first-order valence-corrected chi connectivity index (χ1v) is 4.90. The molecule has 0 saturated carbocycles. The Bertz CT molecular complexity index is 360. The number of amides is 1. The van der Waals surface area contributed by atoms with E-state index in [9.17, 15) is 9.59 Å². The Kier molecular flexibility index (Phi) is 4.03. The summed E-state index contributed by atoms with van der Waals surface area (Å²) in [7, 11) is 1.63. The smallest absolute Gasteiger partial charge is 0.286 e. The molecular formula is C12H15NO2. The summed E-state index contributed by atoms with van der Waals surface area (Å²) in [6.07, 6.45) is 1.13. The van der Waals surface area contributed by atoms with Gasteiger partial charge in [-0.3, -0.25) is 9.59 Å². The Balaban J connectivity index is 2.54. The van der Waals surface area contributed by atoms with Crippen LogP contribution < -0.4 is 0 Å². The van der Waals surface area contributed by atoms with Crippen molar-refractivity contribution in [2.24, 2.45) is 0 Å². The highest BCUT2D eigenvalue weighted by molar-refractivity contribution is 6.23. The minimum absolute atomic E-state index is 0.345. The molecule has 15 heavy (non-hydrogen) atoms. The van der Waals surface area contributed by atoms with Gasteiger partial charge in [-0.15, -0.1) is 0 Å². The lowest BCUT2D eigenvalue weighted by molar-refractivity contribution is -0.137. The van der Waals surface area contributed by atoms with Gasteiger partial charge in [-0.05, 0) is 24.5 Å². The molecule has 1 aromatic rings. The summed E-state index contributed by atoms with van der Waals surface area (Å²) in [5.74, 6) is -0.469. The van der Waals surface area contributed by atoms with Crippen LogP contribution in [0.4, 0.5) is 0 Å². The first kappa shape index (κ1) is 11.4.